The molecule has 2 aromatic rings. The van der Waals surface area contributed by atoms with Crippen molar-refractivity contribution in [3.63, 3.8) is 0 Å². The van der Waals surface area contributed by atoms with Crippen LogP contribution in [0.25, 0.3) is 10.4 Å². The zero-order chi connectivity index (χ0) is 44.4. The predicted octanol–water partition coefficient (Wildman–Crippen LogP) is 3.16. The van der Waals surface area contributed by atoms with Crippen molar-refractivity contribution in [3.8, 4) is 10.4 Å². The lowest BCUT2D eigenvalue weighted by Crippen LogP contribution is -2.65. The number of aliphatic hydroxyl groups is 4. The zero-order valence-electron chi connectivity index (χ0n) is 36.5. The highest BCUT2D eigenvalue weighted by Crippen LogP contribution is 2.36. The summed E-state index contributed by atoms with van der Waals surface area (Å²) in [6, 6.07) is 7.40. The van der Waals surface area contributed by atoms with Crippen molar-refractivity contribution in [3.05, 3.63) is 60.3 Å². The fourth-order valence-corrected chi connectivity index (χ4v) is 8.99. The number of hydrogen-bond acceptors (Lipinski definition) is 17. The number of benzene rings is 1. The molecule has 15 atom stereocenters. The van der Waals surface area contributed by atoms with Crippen LogP contribution in [0.4, 0.5) is 0 Å². The van der Waals surface area contributed by atoms with Gasteiger partial charge in [0.15, 0.2) is 18.4 Å². The Balaban J connectivity index is 1.42. The number of carbonyl (C=O) groups is 2. The molecule has 61 heavy (non-hydrogen) atoms. The van der Waals surface area contributed by atoms with E-state index >= 15 is 0 Å². The number of nitrogens with one attached hydrogen (secondary N) is 1. The van der Waals surface area contributed by atoms with Gasteiger partial charge in [0.05, 0.1) is 53.6 Å². The lowest BCUT2D eigenvalue weighted by Gasteiger charge is -2.50. The Hall–Kier alpha value is -3.04. The van der Waals surface area contributed by atoms with Gasteiger partial charge in [-0.1, -0.05) is 53.9 Å². The summed E-state index contributed by atoms with van der Waals surface area (Å²) in [4.78, 5) is 29.5. The fraction of sp³-hybridized carbons (Fsp3) is 0.682. The fourth-order valence-electron chi connectivity index (χ4n) is 8.47. The Morgan fingerprint density at radius 1 is 0.984 bits per heavy atom. The second kappa shape index (κ2) is 22.5. The first-order valence-corrected chi connectivity index (χ1v) is 22.0. The molecule has 0 amide bonds. The molecule has 5 rings (SSSR count). The minimum atomic E-state index is -1.47. The van der Waals surface area contributed by atoms with Crippen LogP contribution in [0.3, 0.4) is 0 Å². The molecule has 17 heteroatoms. The molecule has 4 heterocycles. The molecule has 1 aromatic carbocycles. The average molecular weight is 875 g/mol. The van der Waals surface area contributed by atoms with E-state index in [-0.39, 0.29) is 12.2 Å². The van der Waals surface area contributed by atoms with E-state index in [1.165, 1.54) is 31.6 Å². The third-order valence-electron chi connectivity index (χ3n) is 11.9. The van der Waals surface area contributed by atoms with Crippen LogP contribution < -0.4 is 5.32 Å². The highest BCUT2D eigenvalue weighted by molar-refractivity contribution is 7.09. The van der Waals surface area contributed by atoms with Gasteiger partial charge in [-0.25, -0.2) is 0 Å². The summed E-state index contributed by atoms with van der Waals surface area (Å²) in [5.74, 6) is -1.66. The van der Waals surface area contributed by atoms with Crippen molar-refractivity contribution in [2.24, 2.45) is 11.8 Å². The third kappa shape index (κ3) is 13.2. The van der Waals surface area contributed by atoms with Crippen LogP contribution in [0, 0.1) is 11.8 Å². The highest BCUT2D eigenvalue weighted by atomic mass is 32.1. The molecule has 340 valence electrons. The summed E-state index contributed by atoms with van der Waals surface area (Å²) in [6.45, 7) is 9.59. The van der Waals surface area contributed by atoms with Crippen molar-refractivity contribution in [2.45, 2.75) is 152 Å². The molecular weight excluding hydrogens is 809 g/mol. The summed E-state index contributed by atoms with van der Waals surface area (Å²) in [6.07, 6.45) is -1.50. The van der Waals surface area contributed by atoms with Gasteiger partial charge < -0.3 is 59.1 Å². The number of aromatic nitrogens is 2. The summed E-state index contributed by atoms with van der Waals surface area (Å²) in [5, 5.41) is 52.7. The average Bonchev–Trinajstić information content (AvgIpc) is 3.74. The number of likely N-dealkylation sites (N-methyl/N-ethyl adjacent to an activating group) is 1. The van der Waals surface area contributed by atoms with Gasteiger partial charge in [0.2, 0.25) is 0 Å². The minimum Gasteiger partial charge on any atom is -0.462 e. The van der Waals surface area contributed by atoms with Crippen molar-refractivity contribution in [2.75, 3.05) is 27.7 Å². The molecule has 1 aromatic heterocycles. The Kier molecular flexibility index (Phi) is 18.1. The largest absolute Gasteiger partial charge is 0.462 e. The van der Waals surface area contributed by atoms with Crippen molar-refractivity contribution in [1.82, 2.24) is 19.8 Å². The minimum absolute atomic E-state index is 0.0113. The molecule has 0 aliphatic carbocycles. The van der Waals surface area contributed by atoms with Crippen molar-refractivity contribution < 1.29 is 58.4 Å². The molecule has 0 unspecified atom stereocenters. The predicted molar refractivity (Wildman–Crippen MR) is 227 cm³/mol. The number of aliphatic hydroxyl groups excluding tert-OH is 3. The number of ether oxygens (including phenoxy) is 6. The summed E-state index contributed by atoms with van der Waals surface area (Å²) in [5.41, 5.74) is 0.610. The summed E-state index contributed by atoms with van der Waals surface area (Å²) in [7, 11) is 5.00. The number of hydrogen-bond donors (Lipinski definition) is 5. The molecule has 0 spiro atoms. The molecule has 3 aliphatic heterocycles. The van der Waals surface area contributed by atoms with E-state index in [4.69, 9.17) is 28.4 Å². The number of methoxy groups -OCH3 is 1. The smallest absolute Gasteiger partial charge is 0.308 e. The van der Waals surface area contributed by atoms with E-state index in [2.05, 4.69) is 14.9 Å². The van der Waals surface area contributed by atoms with Crippen LogP contribution in [0.5, 0.6) is 0 Å². The molecule has 2 saturated heterocycles. The lowest BCUT2D eigenvalue weighted by molar-refractivity contribution is -0.344. The SMILES string of the molecule is CO[C@@H]1[C@@H](O[C@@H]2O[C@H](C)[C@@H](O[C@H]3C[C@@](C)(O)[C@@H](O)[C@H](C)O3)[C@H](N(C)C)[C@H]2O)[C@@H](CCNCc2ccc(-c3cnns3)cc2)C[C@@H](C)C(=O)/C=C\C=C\C[C@@H](C)OC(=O)C[C@@H]1O. The number of cyclic esters (lactones) is 1. The van der Waals surface area contributed by atoms with Gasteiger partial charge in [-0.3, -0.25) is 9.59 Å². The first kappa shape index (κ1) is 49.0. The molecular formula is C44H66N4O12S. The quantitative estimate of drug-likeness (QED) is 0.153. The summed E-state index contributed by atoms with van der Waals surface area (Å²) >= 11 is 1.33. The molecule has 0 saturated carbocycles. The third-order valence-corrected chi connectivity index (χ3v) is 12.6. The summed E-state index contributed by atoms with van der Waals surface area (Å²) < 4.78 is 41.1. The first-order valence-electron chi connectivity index (χ1n) is 21.2. The van der Waals surface area contributed by atoms with Crippen LogP contribution in [0.2, 0.25) is 0 Å². The second-order valence-corrected chi connectivity index (χ2v) is 18.0. The van der Waals surface area contributed by atoms with Crippen molar-refractivity contribution in [1.29, 1.82) is 0 Å². The zero-order valence-corrected chi connectivity index (χ0v) is 37.4. The van der Waals surface area contributed by atoms with Gasteiger partial charge in [0, 0.05) is 32.4 Å². The van der Waals surface area contributed by atoms with Gasteiger partial charge in [0.1, 0.15) is 30.5 Å². The lowest BCUT2D eigenvalue weighted by atomic mass is 9.82. The molecule has 2 fully saturated rings. The van der Waals surface area contributed by atoms with Gasteiger partial charge in [0.25, 0.3) is 0 Å². The molecule has 0 bridgehead atoms. The maximum absolute atomic E-state index is 13.5. The van der Waals surface area contributed by atoms with Gasteiger partial charge in [-0.05, 0) is 95.8 Å². The topological polar surface area (TPSA) is 211 Å². The number of carbonyl (C=O) groups excluding carboxylic acids is 2. The molecule has 16 nitrogen and oxygen atoms in total. The Bertz CT molecular complexity index is 1730. The maximum Gasteiger partial charge on any atom is 0.308 e. The maximum atomic E-state index is 13.5. The molecule has 5 N–H and O–H groups in total. The molecule has 0 radical (unpaired) electrons. The second-order valence-electron chi connectivity index (χ2n) is 17.2. The van der Waals surface area contributed by atoms with Crippen LogP contribution in [-0.2, 0) is 44.6 Å². The molecule has 3 aliphatic rings. The standard InChI is InChI=1S/C44H66N4O12S/c1-25-20-31(18-19-45-23-29-14-16-30(17-15-29)34-24-46-47-61-34)40(41(55-8)33(50)21-35(51)56-26(2)12-10-9-11-13-32(25)49)60-43-38(52)37(48(6)7)39(27(3)58-43)59-36-22-44(5,54)42(53)28(4)57-36/h9-11,13-17,24-28,31,33,36-43,45,50,52-54H,12,18-23H2,1-8H3/b10-9+,13-11-/t25-,26-,27-,28+,31+,33+,36+,37-,38-,39-,40+,41+,42+,43+,44-/m1/s1. The van der Waals surface area contributed by atoms with E-state index in [0.717, 1.165) is 16.0 Å². The van der Waals surface area contributed by atoms with Crippen LogP contribution in [0.15, 0.2) is 54.8 Å². The van der Waals surface area contributed by atoms with Crippen LogP contribution in [0.1, 0.15) is 72.3 Å². The number of allylic oxidation sites excluding steroid dienone is 3. The van der Waals surface area contributed by atoms with E-state index in [1.54, 1.807) is 58.1 Å². The van der Waals surface area contributed by atoms with E-state index < -0.39 is 103 Å². The van der Waals surface area contributed by atoms with Crippen LogP contribution in [-0.4, -0.2) is 154 Å². The first-order chi connectivity index (χ1) is 29.0. The monoisotopic (exact) mass is 874 g/mol. The van der Waals surface area contributed by atoms with E-state index in [0.29, 0.717) is 32.4 Å². The normalized spacial score (nSPS) is 38.2. The van der Waals surface area contributed by atoms with Gasteiger partial charge in [-0.2, -0.15) is 0 Å². The number of esters is 1. The van der Waals surface area contributed by atoms with E-state index in [9.17, 15) is 30.0 Å². The Labute approximate surface area is 363 Å². The highest BCUT2D eigenvalue weighted by Gasteiger charge is 2.51. The number of ketones is 1. The Morgan fingerprint density at radius 2 is 1.72 bits per heavy atom. The Morgan fingerprint density at radius 3 is 2.38 bits per heavy atom. The van der Waals surface area contributed by atoms with Gasteiger partial charge >= 0.3 is 5.97 Å². The number of rotatable bonds is 12. The van der Waals surface area contributed by atoms with Crippen molar-refractivity contribution >= 4 is 23.3 Å². The number of nitrogens with zero attached hydrogens (tertiary/aromatic N) is 3. The van der Waals surface area contributed by atoms with Gasteiger partial charge in [-0.15, -0.1) is 5.10 Å². The van der Waals surface area contributed by atoms with E-state index in [1.807, 2.05) is 37.3 Å². The van der Waals surface area contributed by atoms with Crippen LogP contribution >= 0.6 is 11.5 Å².